The van der Waals surface area contributed by atoms with Gasteiger partial charge in [0.1, 0.15) is 5.70 Å². The van der Waals surface area contributed by atoms with Crippen molar-refractivity contribution in [3.8, 4) is 0 Å². The second kappa shape index (κ2) is 6.61. The summed E-state index contributed by atoms with van der Waals surface area (Å²) >= 11 is 0. The Labute approximate surface area is 124 Å². The summed E-state index contributed by atoms with van der Waals surface area (Å²) in [7, 11) is 1.60. The van der Waals surface area contributed by atoms with E-state index in [1.807, 2.05) is 49.4 Å². The van der Waals surface area contributed by atoms with Crippen LogP contribution in [0.15, 0.2) is 54.2 Å². The Kier molecular flexibility index (Phi) is 4.61. The van der Waals surface area contributed by atoms with Gasteiger partial charge >= 0.3 is 0 Å². The number of aryl methyl sites for hydroxylation is 1. The predicted octanol–water partition coefficient (Wildman–Crippen LogP) is 2.78. The van der Waals surface area contributed by atoms with Crippen molar-refractivity contribution in [2.24, 2.45) is 0 Å². The number of benzene rings is 2. The van der Waals surface area contributed by atoms with Crippen LogP contribution in [0.1, 0.15) is 11.1 Å². The fourth-order valence-electron chi connectivity index (χ4n) is 1.88. The van der Waals surface area contributed by atoms with E-state index in [-0.39, 0.29) is 5.91 Å². The lowest BCUT2D eigenvalue weighted by Gasteiger charge is -2.12. The summed E-state index contributed by atoms with van der Waals surface area (Å²) in [5.41, 5.74) is 9.77. The van der Waals surface area contributed by atoms with Gasteiger partial charge in [-0.3, -0.25) is 4.79 Å². The van der Waals surface area contributed by atoms with Crippen molar-refractivity contribution in [2.75, 3.05) is 18.1 Å². The zero-order valence-corrected chi connectivity index (χ0v) is 12.2. The van der Waals surface area contributed by atoms with E-state index in [1.54, 1.807) is 19.2 Å². The van der Waals surface area contributed by atoms with Crippen LogP contribution in [0.4, 0.5) is 11.4 Å². The predicted molar refractivity (Wildman–Crippen MR) is 87.7 cm³/mol. The molecule has 108 valence electrons. The first-order valence-corrected chi connectivity index (χ1v) is 6.72. The van der Waals surface area contributed by atoms with Crippen molar-refractivity contribution in [3.05, 3.63) is 65.4 Å². The Morgan fingerprint density at radius 1 is 1.10 bits per heavy atom. The van der Waals surface area contributed by atoms with E-state index in [9.17, 15) is 4.79 Å². The first-order chi connectivity index (χ1) is 10.1. The summed E-state index contributed by atoms with van der Waals surface area (Å²) in [6.07, 6.45) is 1.80. The molecule has 0 aliphatic carbocycles. The maximum atomic E-state index is 12.0. The van der Waals surface area contributed by atoms with Crippen molar-refractivity contribution >= 4 is 23.4 Å². The smallest absolute Gasteiger partial charge is 0.267 e. The summed E-state index contributed by atoms with van der Waals surface area (Å²) < 4.78 is 0. The Bertz CT molecular complexity index is 660. The molecule has 0 bridgehead atoms. The topological polar surface area (TPSA) is 67.2 Å². The highest BCUT2D eigenvalue weighted by Gasteiger charge is 2.09. The number of rotatable bonds is 4. The van der Waals surface area contributed by atoms with Gasteiger partial charge in [-0.1, -0.05) is 42.0 Å². The van der Waals surface area contributed by atoms with Gasteiger partial charge < -0.3 is 16.4 Å². The van der Waals surface area contributed by atoms with Gasteiger partial charge in [-0.05, 0) is 30.7 Å². The van der Waals surface area contributed by atoms with Crippen LogP contribution in [0.5, 0.6) is 0 Å². The Morgan fingerprint density at radius 2 is 1.76 bits per heavy atom. The highest BCUT2D eigenvalue weighted by atomic mass is 16.1. The molecule has 0 saturated carbocycles. The highest BCUT2D eigenvalue weighted by molar-refractivity contribution is 6.01. The second-order valence-electron chi connectivity index (χ2n) is 4.76. The molecule has 21 heavy (non-hydrogen) atoms. The number of carbonyl (C=O) groups is 1. The average molecular weight is 281 g/mol. The summed E-state index contributed by atoms with van der Waals surface area (Å²) in [6.45, 7) is 2.02. The van der Waals surface area contributed by atoms with Gasteiger partial charge in [-0.2, -0.15) is 0 Å². The Morgan fingerprint density at radius 3 is 2.38 bits per heavy atom. The summed E-state index contributed by atoms with van der Waals surface area (Å²) in [5, 5.41) is 5.71. The number of hydrogen-bond donors (Lipinski definition) is 3. The molecule has 4 heteroatoms. The summed E-state index contributed by atoms with van der Waals surface area (Å²) in [4.78, 5) is 12.0. The van der Waals surface area contributed by atoms with E-state index in [2.05, 4.69) is 10.6 Å². The van der Waals surface area contributed by atoms with E-state index in [1.165, 1.54) is 5.56 Å². The number of hydrogen-bond acceptors (Lipinski definition) is 3. The molecule has 0 unspecified atom stereocenters. The van der Waals surface area contributed by atoms with Gasteiger partial charge in [0.05, 0.1) is 11.4 Å². The van der Waals surface area contributed by atoms with E-state index >= 15 is 0 Å². The zero-order valence-electron chi connectivity index (χ0n) is 12.2. The summed E-state index contributed by atoms with van der Waals surface area (Å²) in [6, 6.07) is 15.3. The first-order valence-electron chi connectivity index (χ1n) is 6.72. The van der Waals surface area contributed by atoms with Crippen molar-refractivity contribution in [1.29, 1.82) is 0 Å². The Balaban J connectivity index is 2.33. The molecule has 2 aromatic rings. The number of amides is 1. The molecule has 0 saturated heterocycles. The third-order valence-corrected chi connectivity index (χ3v) is 3.09. The lowest BCUT2D eigenvalue weighted by Crippen LogP contribution is -2.24. The molecule has 4 N–H and O–H groups in total. The quantitative estimate of drug-likeness (QED) is 0.596. The van der Waals surface area contributed by atoms with Crippen LogP contribution in [0.2, 0.25) is 0 Å². The van der Waals surface area contributed by atoms with Crippen molar-refractivity contribution < 1.29 is 4.79 Å². The highest BCUT2D eigenvalue weighted by Crippen LogP contribution is 2.20. The van der Waals surface area contributed by atoms with Gasteiger partial charge in [0, 0.05) is 7.05 Å². The first kappa shape index (κ1) is 14.7. The molecule has 0 fully saturated rings. The number of nitrogens with two attached hydrogens (primary N) is 1. The van der Waals surface area contributed by atoms with Crippen LogP contribution < -0.4 is 16.4 Å². The number of anilines is 2. The fraction of sp³-hybridized carbons (Fsp3) is 0.118. The van der Waals surface area contributed by atoms with Crippen LogP contribution >= 0.6 is 0 Å². The van der Waals surface area contributed by atoms with Gasteiger partial charge in [-0.25, -0.2) is 0 Å². The molecule has 0 spiro atoms. The minimum Gasteiger partial charge on any atom is -0.397 e. The monoisotopic (exact) mass is 281 g/mol. The number of para-hydroxylation sites is 2. The van der Waals surface area contributed by atoms with E-state index in [0.717, 1.165) is 5.56 Å². The number of likely N-dealkylation sites (N-methyl/N-ethyl adjacent to an activating group) is 1. The van der Waals surface area contributed by atoms with Crippen molar-refractivity contribution in [2.45, 2.75) is 6.92 Å². The second-order valence-corrected chi connectivity index (χ2v) is 4.76. The molecule has 1 amide bonds. The lowest BCUT2D eigenvalue weighted by atomic mass is 10.1. The van der Waals surface area contributed by atoms with E-state index < -0.39 is 0 Å². The van der Waals surface area contributed by atoms with Crippen LogP contribution in [-0.4, -0.2) is 13.0 Å². The molecular formula is C17H19N3O. The number of nitrogens with one attached hydrogen (secondary N) is 2. The van der Waals surface area contributed by atoms with Crippen molar-refractivity contribution in [3.63, 3.8) is 0 Å². The number of nitrogen functional groups attached to an aromatic ring is 1. The molecule has 0 atom stereocenters. The molecular weight excluding hydrogens is 262 g/mol. The number of carbonyl (C=O) groups excluding carboxylic acids is 1. The van der Waals surface area contributed by atoms with Gasteiger partial charge in [0.25, 0.3) is 5.91 Å². The third kappa shape index (κ3) is 3.86. The maximum Gasteiger partial charge on any atom is 0.267 e. The normalized spacial score (nSPS) is 11.0. The molecule has 0 aromatic heterocycles. The molecule has 0 radical (unpaired) electrons. The fourth-order valence-corrected chi connectivity index (χ4v) is 1.88. The molecule has 0 aliphatic rings. The molecule has 0 aliphatic heterocycles. The Hall–Kier alpha value is -2.75. The third-order valence-electron chi connectivity index (χ3n) is 3.09. The van der Waals surface area contributed by atoms with E-state index in [4.69, 9.17) is 5.73 Å². The molecule has 2 aromatic carbocycles. The van der Waals surface area contributed by atoms with Crippen LogP contribution in [-0.2, 0) is 4.79 Å². The average Bonchev–Trinajstić information content (AvgIpc) is 2.50. The zero-order chi connectivity index (χ0) is 15.2. The van der Waals surface area contributed by atoms with Crippen LogP contribution in [0.3, 0.4) is 0 Å². The van der Waals surface area contributed by atoms with Crippen LogP contribution in [0.25, 0.3) is 6.08 Å². The summed E-state index contributed by atoms with van der Waals surface area (Å²) in [5.74, 6) is -0.196. The maximum absolute atomic E-state index is 12.0. The SMILES string of the molecule is CNC(=O)/C(=C\c1ccc(C)cc1)Nc1ccccc1N. The van der Waals surface area contributed by atoms with E-state index in [0.29, 0.717) is 17.1 Å². The molecule has 2 rings (SSSR count). The van der Waals surface area contributed by atoms with Crippen molar-refractivity contribution in [1.82, 2.24) is 5.32 Å². The standard InChI is InChI=1S/C17H19N3O/c1-12-7-9-13(10-8-12)11-16(17(21)19-2)20-15-6-4-3-5-14(15)18/h3-11,20H,18H2,1-2H3,(H,19,21)/b16-11+. The molecule has 4 nitrogen and oxygen atoms in total. The van der Waals surface area contributed by atoms with Crippen LogP contribution in [0, 0.1) is 6.92 Å². The van der Waals surface area contributed by atoms with Gasteiger partial charge in [0.15, 0.2) is 0 Å². The molecule has 0 heterocycles. The van der Waals surface area contributed by atoms with Gasteiger partial charge in [0.2, 0.25) is 0 Å². The largest absolute Gasteiger partial charge is 0.397 e. The lowest BCUT2D eigenvalue weighted by molar-refractivity contribution is -0.116. The minimum atomic E-state index is -0.196. The minimum absolute atomic E-state index is 0.196. The van der Waals surface area contributed by atoms with Gasteiger partial charge in [-0.15, -0.1) is 0 Å².